The molecule has 0 unspecified atom stereocenters. The van der Waals surface area contributed by atoms with Crippen LogP contribution in [0, 0.1) is 6.92 Å². The fourth-order valence-corrected chi connectivity index (χ4v) is 2.04. The van der Waals surface area contributed by atoms with Crippen molar-refractivity contribution >= 4 is 17.2 Å². The normalized spacial score (nSPS) is 10.2. The van der Waals surface area contributed by atoms with Crippen molar-refractivity contribution in [2.45, 2.75) is 13.5 Å². The maximum atomic E-state index is 11.7. The number of aromatic amines is 1. The van der Waals surface area contributed by atoms with Gasteiger partial charge in [-0.2, -0.15) is 0 Å². The van der Waals surface area contributed by atoms with Crippen molar-refractivity contribution < 1.29 is 4.79 Å². The predicted molar refractivity (Wildman–Crippen MR) is 65.1 cm³/mol. The lowest BCUT2D eigenvalue weighted by Crippen LogP contribution is -2.23. The second kappa shape index (κ2) is 4.92. The van der Waals surface area contributed by atoms with E-state index in [1.54, 1.807) is 17.5 Å². The third kappa shape index (κ3) is 3.01. The van der Waals surface area contributed by atoms with Crippen molar-refractivity contribution in [3.63, 3.8) is 0 Å². The lowest BCUT2D eigenvalue weighted by Gasteiger charge is -2.02. The highest BCUT2D eigenvalue weighted by Gasteiger charge is 2.05. The van der Waals surface area contributed by atoms with Gasteiger partial charge in [0.05, 0.1) is 17.1 Å². The summed E-state index contributed by atoms with van der Waals surface area (Å²) in [7, 11) is 0. The lowest BCUT2D eigenvalue weighted by molar-refractivity contribution is 0.0951. The highest BCUT2D eigenvalue weighted by molar-refractivity contribution is 7.11. The average Bonchev–Trinajstić information content (AvgIpc) is 2.73. The van der Waals surface area contributed by atoms with Gasteiger partial charge in [-0.15, -0.1) is 11.3 Å². The molecule has 0 atom stereocenters. The van der Waals surface area contributed by atoms with E-state index in [-0.39, 0.29) is 11.5 Å². The predicted octanol–water partition coefficient (Wildman–Crippen LogP) is 1.07. The number of rotatable bonds is 3. The van der Waals surface area contributed by atoms with E-state index in [4.69, 9.17) is 0 Å². The first-order valence-corrected chi connectivity index (χ1v) is 5.85. The Morgan fingerprint density at radius 3 is 2.94 bits per heavy atom. The monoisotopic (exact) mass is 249 g/mol. The molecule has 2 N–H and O–H groups in total. The molecular formula is C11H11N3O2S. The van der Waals surface area contributed by atoms with Gasteiger partial charge < -0.3 is 10.3 Å². The summed E-state index contributed by atoms with van der Waals surface area (Å²) in [4.78, 5) is 30.1. The van der Waals surface area contributed by atoms with E-state index in [2.05, 4.69) is 15.3 Å². The molecule has 2 rings (SSSR count). The molecule has 0 aliphatic heterocycles. The second-order valence-corrected chi connectivity index (χ2v) is 4.79. The number of nitrogens with zero attached hydrogens (tertiary/aromatic N) is 1. The quantitative estimate of drug-likeness (QED) is 0.854. The molecule has 0 spiro atoms. The smallest absolute Gasteiger partial charge is 0.253 e. The summed E-state index contributed by atoms with van der Waals surface area (Å²) in [6.07, 6.45) is 3.14. The number of aromatic nitrogens is 2. The van der Waals surface area contributed by atoms with E-state index in [1.165, 1.54) is 18.3 Å². The Morgan fingerprint density at radius 2 is 2.35 bits per heavy atom. The first-order valence-electron chi connectivity index (χ1n) is 5.03. The SMILES string of the molecule is Cc1ncc(CNC(=O)c2ccc(=O)[nH]c2)s1. The first-order chi connectivity index (χ1) is 8.15. The molecule has 5 nitrogen and oxygen atoms in total. The number of H-pyrrole nitrogens is 1. The minimum atomic E-state index is -0.223. The van der Waals surface area contributed by atoms with Gasteiger partial charge in [0, 0.05) is 23.3 Å². The van der Waals surface area contributed by atoms with Crippen molar-refractivity contribution in [1.82, 2.24) is 15.3 Å². The number of hydrogen-bond donors (Lipinski definition) is 2. The highest BCUT2D eigenvalue weighted by atomic mass is 32.1. The Kier molecular flexibility index (Phi) is 3.34. The van der Waals surface area contributed by atoms with E-state index in [9.17, 15) is 9.59 Å². The van der Waals surface area contributed by atoms with Gasteiger partial charge in [0.2, 0.25) is 5.56 Å². The third-order valence-corrected chi connectivity index (χ3v) is 3.05. The first kappa shape index (κ1) is 11.5. The van der Waals surface area contributed by atoms with Crippen LogP contribution in [0.15, 0.2) is 29.3 Å². The third-order valence-electron chi connectivity index (χ3n) is 2.14. The standard InChI is InChI=1S/C11H11N3O2S/c1-7-12-5-9(17-7)6-14-11(16)8-2-3-10(15)13-4-8/h2-5H,6H2,1H3,(H,13,15)(H,14,16). The molecule has 0 saturated heterocycles. The Bertz CT molecular complexity index is 568. The van der Waals surface area contributed by atoms with Crippen molar-refractivity contribution in [1.29, 1.82) is 0 Å². The molecule has 17 heavy (non-hydrogen) atoms. The number of nitrogens with one attached hydrogen (secondary N) is 2. The maximum absolute atomic E-state index is 11.7. The Labute approximate surface area is 102 Å². The Hall–Kier alpha value is -1.95. The molecule has 2 heterocycles. The molecule has 0 radical (unpaired) electrons. The number of aryl methyl sites for hydroxylation is 1. The van der Waals surface area contributed by atoms with E-state index >= 15 is 0 Å². The molecule has 0 aliphatic rings. The molecular weight excluding hydrogens is 238 g/mol. The van der Waals surface area contributed by atoms with Crippen LogP contribution < -0.4 is 10.9 Å². The van der Waals surface area contributed by atoms with E-state index in [0.29, 0.717) is 12.1 Å². The van der Waals surface area contributed by atoms with Crippen molar-refractivity contribution in [2.75, 3.05) is 0 Å². The van der Waals surface area contributed by atoms with Crippen LogP contribution in [-0.4, -0.2) is 15.9 Å². The zero-order valence-electron chi connectivity index (χ0n) is 9.19. The number of hydrogen-bond acceptors (Lipinski definition) is 4. The molecule has 0 saturated carbocycles. The van der Waals surface area contributed by atoms with Crippen LogP contribution >= 0.6 is 11.3 Å². The molecule has 0 aliphatic carbocycles. The maximum Gasteiger partial charge on any atom is 0.253 e. The van der Waals surface area contributed by atoms with E-state index < -0.39 is 0 Å². The molecule has 2 aromatic heterocycles. The van der Waals surface area contributed by atoms with Crippen LogP contribution in [0.3, 0.4) is 0 Å². The highest BCUT2D eigenvalue weighted by Crippen LogP contribution is 2.10. The number of pyridine rings is 1. The molecule has 1 amide bonds. The van der Waals surface area contributed by atoms with Gasteiger partial charge in [0.25, 0.3) is 5.91 Å². The lowest BCUT2D eigenvalue weighted by atomic mass is 10.2. The van der Waals surface area contributed by atoms with Gasteiger partial charge in [0.15, 0.2) is 0 Å². The Morgan fingerprint density at radius 1 is 1.53 bits per heavy atom. The van der Waals surface area contributed by atoms with Crippen LogP contribution in [-0.2, 0) is 6.54 Å². The minimum absolute atomic E-state index is 0.215. The van der Waals surface area contributed by atoms with Gasteiger partial charge in [0.1, 0.15) is 0 Å². The summed E-state index contributed by atoms with van der Waals surface area (Å²) in [5.41, 5.74) is 0.213. The zero-order chi connectivity index (χ0) is 12.3. The van der Waals surface area contributed by atoms with Gasteiger partial charge in [-0.3, -0.25) is 9.59 Å². The van der Waals surface area contributed by atoms with Crippen LogP contribution in [0.4, 0.5) is 0 Å². The van der Waals surface area contributed by atoms with Gasteiger partial charge in [-0.25, -0.2) is 4.98 Å². The average molecular weight is 249 g/mol. The minimum Gasteiger partial charge on any atom is -0.347 e. The van der Waals surface area contributed by atoms with E-state index in [0.717, 1.165) is 9.88 Å². The zero-order valence-corrected chi connectivity index (χ0v) is 10.0. The summed E-state index contributed by atoms with van der Waals surface area (Å²) in [5, 5.41) is 3.73. The molecule has 2 aromatic rings. The van der Waals surface area contributed by atoms with Crippen molar-refractivity contribution in [3.05, 3.63) is 50.3 Å². The molecule has 0 aromatic carbocycles. The van der Waals surface area contributed by atoms with Crippen LogP contribution in [0.5, 0.6) is 0 Å². The number of carbonyl (C=O) groups is 1. The Balaban J connectivity index is 1.98. The molecule has 0 fully saturated rings. The summed E-state index contributed by atoms with van der Waals surface area (Å²) in [6, 6.07) is 2.82. The van der Waals surface area contributed by atoms with Crippen molar-refractivity contribution in [2.24, 2.45) is 0 Å². The van der Waals surface area contributed by atoms with Gasteiger partial charge in [-0.05, 0) is 13.0 Å². The summed E-state index contributed by atoms with van der Waals surface area (Å²) in [5.74, 6) is -0.215. The summed E-state index contributed by atoms with van der Waals surface area (Å²) in [6.45, 7) is 2.36. The number of carbonyl (C=O) groups excluding carboxylic acids is 1. The largest absolute Gasteiger partial charge is 0.347 e. The van der Waals surface area contributed by atoms with Crippen LogP contribution in [0.1, 0.15) is 20.2 Å². The number of thiazole rings is 1. The molecule has 0 bridgehead atoms. The fraction of sp³-hybridized carbons (Fsp3) is 0.182. The topological polar surface area (TPSA) is 74.8 Å². The van der Waals surface area contributed by atoms with Crippen molar-refractivity contribution in [3.8, 4) is 0 Å². The van der Waals surface area contributed by atoms with Gasteiger partial charge in [-0.1, -0.05) is 0 Å². The summed E-state index contributed by atoms with van der Waals surface area (Å²) >= 11 is 1.54. The fourth-order valence-electron chi connectivity index (χ4n) is 1.31. The van der Waals surface area contributed by atoms with E-state index in [1.807, 2.05) is 6.92 Å². The molecule has 88 valence electrons. The van der Waals surface area contributed by atoms with Crippen LogP contribution in [0.2, 0.25) is 0 Å². The second-order valence-electron chi connectivity index (χ2n) is 3.47. The van der Waals surface area contributed by atoms with Crippen LogP contribution in [0.25, 0.3) is 0 Å². The summed E-state index contributed by atoms with van der Waals surface area (Å²) < 4.78 is 0. The van der Waals surface area contributed by atoms with Gasteiger partial charge >= 0.3 is 0 Å². The molecule has 6 heteroatoms. The number of amides is 1.